The first-order valence-corrected chi connectivity index (χ1v) is 7.20. The third-order valence-corrected chi connectivity index (χ3v) is 3.62. The summed E-state index contributed by atoms with van der Waals surface area (Å²) in [7, 11) is 1.28. The van der Waals surface area contributed by atoms with Crippen molar-refractivity contribution in [1.29, 1.82) is 0 Å². The van der Waals surface area contributed by atoms with Gasteiger partial charge in [0.1, 0.15) is 23.7 Å². The van der Waals surface area contributed by atoms with Crippen LogP contribution in [0, 0.1) is 0 Å². The summed E-state index contributed by atoms with van der Waals surface area (Å²) < 4.78 is 10.4. The minimum Gasteiger partial charge on any atom is -0.506 e. The van der Waals surface area contributed by atoms with Gasteiger partial charge < -0.3 is 14.6 Å². The van der Waals surface area contributed by atoms with Gasteiger partial charge in [0.25, 0.3) is 0 Å². The van der Waals surface area contributed by atoms with Gasteiger partial charge >= 0.3 is 5.97 Å². The summed E-state index contributed by atoms with van der Waals surface area (Å²) in [5, 5.41) is 11.6. The van der Waals surface area contributed by atoms with Gasteiger partial charge in [-0.3, -0.25) is 0 Å². The predicted octanol–water partition coefficient (Wildman–Crippen LogP) is 3.91. The van der Waals surface area contributed by atoms with Crippen molar-refractivity contribution in [3.63, 3.8) is 0 Å². The lowest BCUT2D eigenvalue weighted by atomic mass is 10.0. The fourth-order valence-electron chi connectivity index (χ4n) is 2.40. The van der Waals surface area contributed by atoms with E-state index in [-0.39, 0.29) is 11.3 Å². The highest BCUT2D eigenvalue weighted by molar-refractivity contribution is 6.01. The fourth-order valence-corrected chi connectivity index (χ4v) is 2.40. The number of fused-ring (bicyclic) bond motifs is 1. The Balaban J connectivity index is 1.86. The molecule has 0 saturated carbocycles. The Hall–Kier alpha value is -3.01. The molecule has 0 amide bonds. The van der Waals surface area contributed by atoms with E-state index in [0.29, 0.717) is 17.7 Å². The number of hydrogen-bond acceptors (Lipinski definition) is 4. The van der Waals surface area contributed by atoms with Crippen LogP contribution >= 0.6 is 0 Å². The summed E-state index contributed by atoms with van der Waals surface area (Å²) in [4.78, 5) is 11.6. The van der Waals surface area contributed by atoms with Gasteiger partial charge in [-0.2, -0.15) is 0 Å². The SMILES string of the molecule is COC(=O)c1ccc2cc(OCc3ccccc3)ccc2c1O. The van der Waals surface area contributed by atoms with E-state index in [1.54, 1.807) is 24.3 Å². The number of aromatic hydroxyl groups is 1. The van der Waals surface area contributed by atoms with E-state index in [1.165, 1.54) is 7.11 Å². The van der Waals surface area contributed by atoms with Crippen molar-refractivity contribution in [2.45, 2.75) is 6.61 Å². The molecule has 4 nitrogen and oxygen atoms in total. The van der Waals surface area contributed by atoms with E-state index >= 15 is 0 Å². The molecule has 1 N–H and O–H groups in total. The van der Waals surface area contributed by atoms with Crippen LogP contribution < -0.4 is 4.74 Å². The van der Waals surface area contributed by atoms with E-state index in [2.05, 4.69) is 4.74 Å². The smallest absolute Gasteiger partial charge is 0.341 e. The second-order valence-electron chi connectivity index (χ2n) is 5.11. The number of carbonyl (C=O) groups excluding carboxylic acids is 1. The van der Waals surface area contributed by atoms with E-state index in [9.17, 15) is 9.90 Å². The second-order valence-corrected chi connectivity index (χ2v) is 5.11. The molecular weight excluding hydrogens is 292 g/mol. The van der Waals surface area contributed by atoms with E-state index in [4.69, 9.17) is 4.74 Å². The average Bonchev–Trinajstić information content (AvgIpc) is 2.60. The normalized spacial score (nSPS) is 10.5. The first-order valence-electron chi connectivity index (χ1n) is 7.20. The number of carbonyl (C=O) groups is 1. The molecule has 3 aromatic rings. The standard InChI is InChI=1S/C19H16O4/c1-22-19(21)17-9-7-14-11-15(8-10-16(14)18(17)20)23-12-13-5-3-2-4-6-13/h2-11,20H,12H2,1H3. The molecule has 0 bridgehead atoms. The van der Waals surface area contributed by atoms with Crippen molar-refractivity contribution in [2.24, 2.45) is 0 Å². The Bertz CT molecular complexity index is 841. The average molecular weight is 308 g/mol. The lowest BCUT2D eigenvalue weighted by Crippen LogP contribution is -2.01. The number of esters is 1. The van der Waals surface area contributed by atoms with Crippen LogP contribution in [-0.4, -0.2) is 18.2 Å². The van der Waals surface area contributed by atoms with Gasteiger partial charge in [0, 0.05) is 5.39 Å². The molecule has 0 heterocycles. The first kappa shape index (κ1) is 14.9. The summed E-state index contributed by atoms with van der Waals surface area (Å²) in [5.41, 5.74) is 1.23. The molecule has 4 heteroatoms. The molecular formula is C19H16O4. The molecule has 0 spiro atoms. The highest BCUT2D eigenvalue weighted by Crippen LogP contribution is 2.31. The zero-order chi connectivity index (χ0) is 16.2. The van der Waals surface area contributed by atoms with Crippen LogP contribution in [0.2, 0.25) is 0 Å². The maximum atomic E-state index is 11.6. The quantitative estimate of drug-likeness (QED) is 0.742. The zero-order valence-corrected chi connectivity index (χ0v) is 12.7. The van der Waals surface area contributed by atoms with Crippen molar-refractivity contribution < 1.29 is 19.4 Å². The van der Waals surface area contributed by atoms with Crippen LogP contribution in [0.4, 0.5) is 0 Å². The van der Waals surface area contributed by atoms with Crippen molar-refractivity contribution in [2.75, 3.05) is 7.11 Å². The molecule has 0 aliphatic heterocycles. The van der Waals surface area contributed by atoms with Gasteiger partial charge in [-0.25, -0.2) is 4.79 Å². The minimum absolute atomic E-state index is 0.0797. The Kier molecular flexibility index (Phi) is 4.15. The molecule has 0 unspecified atom stereocenters. The number of methoxy groups -OCH3 is 1. The number of phenolic OH excluding ortho intramolecular Hbond substituents is 1. The molecule has 0 saturated heterocycles. The van der Waals surface area contributed by atoms with E-state index in [1.807, 2.05) is 36.4 Å². The third-order valence-electron chi connectivity index (χ3n) is 3.62. The molecule has 0 aliphatic carbocycles. The van der Waals surface area contributed by atoms with Gasteiger partial charge in [0.2, 0.25) is 0 Å². The Morgan fingerprint density at radius 3 is 2.57 bits per heavy atom. The van der Waals surface area contributed by atoms with Crippen LogP contribution in [0.3, 0.4) is 0 Å². The molecule has 0 aromatic heterocycles. The number of benzene rings is 3. The molecule has 0 atom stereocenters. The van der Waals surface area contributed by atoms with Crippen LogP contribution in [0.5, 0.6) is 11.5 Å². The summed E-state index contributed by atoms with van der Waals surface area (Å²) >= 11 is 0. The number of hydrogen-bond donors (Lipinski definition) is 1. The molecule has 23 heavy (non-hydrogen) atoms. The maximum Gasteiger partial charge on any atom is 0.341 e. The first-order chi connectivity index (χ1) is 11.2. The van der Waals surface area contributed by atoms with Crippen LogP contribution in [0.15, 0.2) is 60.7 Å². The van der Waals surface area contributed by atoms with Gasteiger partial charge in [-0.15, -0.1) is 0 Å². The summed E-state index contributed by atoms with van der Waals surface area (Å²) in [5.74, 6) is 0.0596. The van der Waals surface area contributed by atoms with Gasteiger partial charge in [0.15, 0.2) is 0 Å². The lowest BCUT2D eigenvalue weighted by Gasteiger charge is -2.10. The number of phenols is 1. The fraction of sp³-hybridized carbons (Fsp3) is 0.105. The largest absolute Gasteiger partial charge is 0.506 e. The topological polar surface area (TPSA) is 55.8 Å². The van der Waals surface area contributed by atoms with Crippen molar-refractivity contribution in [3.8, 4) is 11.5 Å². The predicted molar refractivity (Wildman–Crippen MR) is 87.7 cm³/mol. The Morgan fingerprint density at radius 2 is 1.83 bits per heavy atom. The number of ether oxygens (including phenoxy) is 2. The van der Waals surface area contributed by atoms with Crippen molar-refractivity contribution in [3.05, 3.63) is 71.8 Å². The van der Waals surface area contributed by atoms with E-state index < -0.39 is 5.97 Å². The van der Waals surface area contributed by atoms with Gasteiger partial charge in [-0.05, 0) is 35.2 Å². The molecule has 0 aliphatic rings. The number of rotatable bonds is 4. The zero-order valence-electron chi connectivity index (χ0n) is 12.7. The summed E-state index contributed by atoms with van der Waals surface area (Å²) in [6.07, 6.45) is 0. The van der Waals surface area contributed by atoms with Crippen LogP contribution in [0.25, 0.3) is 10.8 Å². The highest BCUT2D eigenvalue weighted by atomic mass is 16.5. The molecule has 0 fully saturated rings. The minimum atomic E-state index is -0.561. The summed E-state index contributed by atoms with van der Waals surface area (Å²) in [6, 6.07) is 18.5. The van der Waals surface area contributed by atoms with Gasteiger partial charge in [0.05, 0.1) is 7.11 Å². The molecule has 116 valence electrons. The molecule has 3 aromatic carbocycles. The second kappa shape index (κ2) is 6.40. The lowest BCUT2D eigenvalue weighted by molar-refractivity contribution is 0.0598. The highest BCUT2D eigenvalue weighted by Gasteiger charge is 2.14. The molecule has 3 rings (SSSR count). The van der Waals surface area contributed by atoms with Crippen LogP contribution in [0.1, 0.15) is 15.9 Å². The van der Waals surface area contributed by atoms with Crippen molar-refractivity contribution >= 4 is 16.7 Å². The molecule has 0 radical (unpaired) electrons. The maximum absolute atomic E-state index is 11.6. The Labute approximate surface area is 133 Å². The van der Waals surface area contributed by atoms with Crippen LogP contribution in [-0.2, 0) is 11.3 Å². The van der Waals surface area contributed by atoms with Gasteiger partial charge in [-0.1, -0.05) is 36.4 Å². The summed E-state index contributed by atoms with van der Waals surface area (Å²) in [6.45, 7) is 0.471. The monoisotopic (exact) mass is 308 g/mol. The third kappa shape index (κ3) is 3.11. The van der Waals surface area contributed by atoms with E-state index in [0.717, 1.165) is 10.9 Å². The Morgan fingerprint density at radius 1 is 1.04 bits per heavy atom. The van der Waals surface area contributed by atoms with Crippen molar-refractivity contribution in [1.82, 2.24) is 0 Å².